The molecule has 2 fully saturated rings. The number of thiazole rings is 1. The Hall–Kier alpha value is -2.44. The number of carbonyl (C=O) groups is 2. The fraction of sp³-hybridized carbons (Fsp3) is 0.593. The number of carbonyl (C=O) groups excluding carboxylic acids is 1. The Morgan fingerprint density at radius 3 is 2.41 bits per heavy atom. The summed E-state index contributed by atoms with van der Waals surface area (Å²) in [5.41, 5.74) is -0.439. The lowest BCUT2D eigenvalue weighted by molar-refractivity contribution is -0.145. The van der Waals surface area contributed by atoms with Crippen molar-refractivity contribution in [3.05, 3.63) is 34.5 Å². The van der Waals surface area contributed by atoms with Crippen molar-refractivity contribution in [1.29, 1.82) is 0 Å². The Morgan fingerprint density at radius 2 is 1.82 bits per heavy atom. The van der Waals surface area contributed by atoms with Gasteiger partial charge in [0.05, 0.1) is 21.4 Å². The van der Waals surface area contributed by atoms with Crippen LogP contribution in [0.1, 0.15) is 93.2 Å². The lowest BCUT2D eigenvalue weighted by Crippen LogP contribution is -2.46. The topological polar surface area (TPSA) is 125 Å². The molecule has 0 bridgehead atoms. The van der Waals surface area contributed by atoms with E-state index >= 15 is 0 Å². The highest BCUT2D eigenvalue weighted by atomic mass is 32.2. The van der Waals surface area contributed by atoms with Gasteiger partial charge in [0.2, 0.25) is 10.0 Å². The van der Waals surface area contributed by atoms with Crippen LogP contribution in [0, 0.1) is 11.8 Å². The second-order valence-corrected chi connectivity index (χ2v) is 14.2. The van der Waals surface area contributed by atoms with Crippen molar-refractivity contribution >= 4 is 33.2 Å². The van der Waals surface area contributed by atoms with E-state index in [1.165, 1.54) is 24.6 Å². The third-order valence-electron chi connectivity index (χ3n) is 7.16. The summed E-state index contributed by atoms with van der Waals surface area (Å²) in [6.07, 6.45) is 3.69. The lowest BCUT2D eigenvalue weighted by Gasteiger charge is -2.32. The van der Waals surface area contributed by atoms with Gasteiger partial charge in [0.15, 0.2) is 5.01 Å². The standard InChI is InChI=1S/C27H35F2N3O5S2/c1-27(2,3)32-39(36,37)21-10-9-16(14-19(21)23(28)29)22-20(11-15-7-5-4-6-8-15)31-25(38-22)24(33)30-18-12-17(13-18)26(34)35/h9-10,14-15,17-18,23,32H,4-8,11-13H2,1-3H3,(H,30,33)(H,34,35). The summed E-state index contributed by atoms with van der Waals surface area (Å²) in [7, 11) is -4.20. The second kappa shape index (κ2) is 11.6. The van der Waals surface area contributed by atoms with Crippen LogP contribution >= 0.6 is 11.3 Å². The average molecular weight is 584 g/mol. The number of nitrogens with one attached hydrogen (secondary N) is 2. The zero-order valence-corrected chi connectivity index (χ0v) is 23.9. The normalized spacial score (nSPS) is 20.6. The highest BCUT2D eigenvalue weighted by molar-refractivity contribution is 7.89. The zero-order chi connectivity index (χ0) is 28.5. The number of aromatic nitrogens is 1. The van der Waals surface area contributed by atoms with Crippen molar-refractivity contribution in [3.8, 4) is 10.4 Å². The minimum Gasteiger partial charge on any atom is -0.481 e. The molecule has 2 aliphatic rings. The SMILES string of the molecule is CC(C)(C)NS(=O)(=O)c1ccc(-c2sc(C(=O)NC3CC(C(=O)O)C3)nc2CC2CCCCC2)cc1C(F)F. The minimum absolute atomic E-state index is 0.180. The van der Waals surface area contributed by atoms with Crippen LogP contribution in [0.3, 0.4) is 0 Å². The highest BCUT2D eigenvalue weighted by Gasteiger charge is 2.36. The van der Waals surface area contributed by atoms with E-state index in [-0.39, 0.29) is 11.0 Å². The Labute approximate surface area is 231 Å². The van der Waals surface area contributed by atoms with Gasteiger partial charge >= 0.3 is 5.97 Å². The number of alkyl halides is 2. The largest absolute Gasteiger partial charge is 0.481 e. The number of carboxylic acids is 1. The quantitative estimate of drug-likeness (QED) is 0.356. The summed E-state index contributed by atoms with van der Waals surface area (Å²) in [6, 6.07) is 3.62. The van der Waals surface area contributed by atoms with Crippen LogP contribution in [0.2, 0.25) is 0 Å². The zero-order valence-electron chi connectivity index (χ0n) is 22.3. The molecule has 0 atom stereocenters. The number of nitrogens with zero attached hydrogens (tertiary/aromatic N) is 1. The van der Waals surface area contributed by atoms with E-state index in [2.05, 4.69) is 15.0 Å². The van der Waals surface area contributed by atoms with Crippen molar-refractivity contribution in [3.63, 3.8) is 0 Å². The van der Waals surface area contributed by atoms with Crippen LogP contribution in [0.5, 0.6) is 0 Å². The maximum absolute atomic E-state index is 14.2. The Balaban J connectivity index is 1.67. The minimum atomic E-state index is -4.20. The van der Waals surface area contributed by atoms with E-state index in [0.29, 0.717) is 41.3 Å². The number of halogens is 2. The first-order valence-corrected chi connectivity index (χ1v) is 15.5. The van der Waals surface area contributed by atoms with E-state index in [0.717, 1.165) is 37.0 Å². The van der Waals surface area contributed by atoms with Gasteiger partial charge in [-0.1, -0.05) is 38.2 Å². The number of amides is 1. The molecular weight excluding hydrogens is 548 g/mol. The number of aliphatic carboxylic acids is 1. The summed E-state index contributed by atoms with van der Waals surface area (Å²) in [5.74, 6) is -1.42. The number of sulfonamides is 1. The van der Waals surface area contributed by atoms with Crippen LogP contribution < -0.4 is 10.0 Å². The molecule has 39 heavy (non-hydrogen) atoms. The Kier molecular flexibility index (Phi) is 8.77. The molecule has 0 radical (unpaired) electrons. The molecule has 12 heteroatoms. The van der Waals surface area contributed by atoms with Crippen molar-refractivity contribution in [2.75, 3.05) is 0 Å². The van der Waals surface area contributed by atoms with Gasteiger partial charge < -0.3 is 10.4 Å². The predicted molar refractivity (Wildman–Crippen MR) is 144 cm³/mol. The summed E-state index contributed by atoms with van der Waals surface area (Å²) in [6.45, 7) is 4.90. The molecule has 2 aliphatic carbocycles. The number of hydrogen-bond acceptors (Lipinski definition) is 6. The molecule has 0 spiro atoms. The van der Waals surface area contributed by atoms with Gasteiger partial charge in [0.25, 0.3) is 12.3 Å². The maximum atomic E-state index is 14.2. The average Bonchev–Trinajstić information content (AvgIpc) is 3.23. The van der Waals surface area contributed by atoms with E-state index in [1.54, 1.807) is 20.8 Å². The first-order chi connectivity index (χ1) is 18.2. The van der Waals surface area contributed by atoms with Gasteiger partial charge in [-0.25, -0.2) is 26.9 Å². The van der Waals surface area contributed by atoms with E-state index in [1.807, 2.05) is 0 Å². The van der Waals surface area contributed by atoms with Crippen LogP contribution in [0.15, 0.2) is 23.1 Å². The molecule has 214 valence electrons. The molecule has 0 saturated heterocycles. The monoisotopic (exact) mass is 583 g/mol. The van der Waals surface area contributed by atoms with Crippen LogP contribution in [-0.4, -0.2) is 42.0 Å². The lowest BCUT2D eigenvalue weighted by atomic mass is 9.80. The van der Waals surface area contributed by atoms with Crippen LogP contribution in [0.4, 0.5) is 8.78 Å². The van der Waals surface area contributed by atoms with Gasteiger partial charge in [0.1, 0.15) is 0 Å². The first kappa shape index (κ1) is 29.5. The number of carboxylic acid groups (broad SMARTS) is 1. The molecule has 2 saturated carbocycles. The second-order valence-electron chi connectivity index (χ2n) is 11.6. The number of rotatable bonds is 9. The van der Waals surface area contributed by atoms with Gasteiger partial charge in [-0.3, -0.25) is 9.59 Å². The highest BCUT2D eigenvalue weighted by Crippen LogP contribution is 2.38. The van der Waals surface area contributed by atoms with Gasteiger partial charge in [-0.15, -0.1) is 11.3 Å². The smallest absolute Gasteiger partial charge is 0.306 e. The third-order valence-corrected chi connectivity index (χ3v) is 10.1. The van der Waals surface area contributed by atoms with Gasteiger partial charge in [-0.2, -0.15) is 0 Å². The molecule has 4 rings (SSSR count). The summed E-state index contributed by atoms with van der Waals surface area (Å²) in [4.78, 5) is 28.8. The van der Waals surface area contributed by atoms with Crippen molar-refractivity contribution in [2.24, 2.45) is 11.8 Å². The third kappa shape index (κ3) is 7.20. The van der Waals surface area contributed by atoms with Gasteiger partial charge in [0, 0.05) is 17.1 Å². The molecule has 1 aromatic carbocycles. The molecule has 1 heterocycles. The molecule has 0 unspecified atom stereocenters. The van der Waals surface area contributed by atoms with Crippen molar-refractivity contribution in [2.45, 2.75) is 95.0 Å². The molecule has 1 aromatic heterocycles. The van der Waals surface area contributed by atoms with Gasteiger partial charge in [-0.05, 0) is 63.6 Å². The number of hydrogen-bond donors (Lipinski definition) is 3. The number of benzene rings is 1. The molecule has 1 amide bonds. The van der Waals surface area contributed by atoms with E-state index < -0.39 is 50.2 Å². The predicted octanol–water partition coefficient (Wildman–Crippen LogP) is 5.54. The molecule has 2 aromatic rings. The van der Waals surface area contributed by atoms with E-state index in [4.69, 9.17) is 5.11 Å². The van der Waals surface area contributed by atoms with Crippen molar-refractivity contribution in [1.82, 2.24) is 15.0 Å². The fourth-order valence-corrected chi connectivity index (χ4v) is 7.84. The van der Waals surface area contributed by atoms with E-state index in [9.17, 15) is 26.8 Å². The molecular formula is C27H35F2N3O5S2. The first-order valence-electron chi connectivity index (χ1n) is 13.2. The Morgan fingerprint density at radius 1 is 1.15 bits per heavy atom. The summed E-state index contributed by atoms with van der Waals surface area (Å²) in [5, 5.41) is 12.1. The Bertz CT molecular complexity index is 1330. The fourth-order valence-electron chi connectivity index (χ4n) is 5.22. The summed E-state index contributed by atoms with van der Waals surface area (Å²) < 4.78 is 56.6. The van der Waals surface area contributed by atoms with Crippen LogP contribution in [-0.2, 0) is 21.2 Å². The maximum Gasteiger partial charge on any atom is 0.306 e. The summed E-state index contributed by atoms with van der Waals surface area (Å²) >= 11 is 1.09. The van der Waals surface area contributed by atoms with Crippen molar-refractivity contribution < 1.29 is 31.9 Å². The van der Waals surface area contributed by atoms with Crippen LogP contribution in [0.25, 0.3) is 10.4 Å². The molecule has 0 aliphatic heterocycles. The molecule has 3 N–H and O–H groups in total. The molecule has 8 nitrogen and oxygen atoms in total.